The molecule has 2 heterocycles. The summed E-state index contributed by atoms with van der Waals surface area (Å²) < 4.78 is 5.17. The van der Waals surface area contributed by atoms with Gasteiger partial charge in [-0.15, -0.1) is 11.3 Å². The number of thiophene rings is 1. The van der Waals surface area contributed by atoms with Crippen molar-refractivity contribution in [3.8, 4) is 0 Å². The minimum absolute atomic E-state index is 0.472. The number of piperidine rings is 1. The van der Waals surface area contributed by atoms with Gasteiger partial charge in [0.05, 0.1) is 13.2 Å². The number of ether oxygens (including phenoxy) is 1. The third-order valence-corrected chi connectivity index (χ3v) is 5.88. The lowest BCUT2D eigenvalue weighted by molar-refractivity contribution is 0.121. The van der Waals surface area contributed by atoms with Gasteiger partial charge < -0.3 is 20.3 Å². The summed E-state index contributed by atoms with van der Waals surface area (Å²) in [5.41, 5.74) is 0. The average molecular weight is 367 g/mol. The van der Waals surface area contributed by atoms with Gasteiger partial charge in [0.1, 0.15) is 0 Å². The lowest BCUT2D eigenvalue weighted by Gasteiger charge is -2.32. The van der Waals surface area contributed by atoms with Crippen molar-refractivity contribution in [1.29, 1.82) is 0 Å². The van der Waals surface area contributed by atoms with E-state index in [0.717, 1.165) is 44.7 Å². The van der Waals surface area contributed by atoms with Gasteiger partial charge in [-0.1, -0.05) is 13.0 Å². The summed E-state index contributed by atoms with van der Waals surface area (Å²) >= 11 is 1.81. The molecule has 1 fully saturated rings. The predicted molar refractivity (Wildman–Crippen MR) is 108 cm³/mol. The van der Waals surface area contributed by atoms with Gasteiger partial charge in [0.15, 0.2) is 5.96 Å². The molecular weight excluding hydrogens is 332 g/mol. The maximum Gasteiger partial charge on any atom is 0.191 e. The summed E-state index contributed by atoms with van der Waals surface area (Å²) in [5.74, 6) is 2.16. The van der Waals surface area contributed by atoms with Crippen LogP contribution in [0.2, 0.25) is 0 Å². The molecule has 1 aliphatic rings. The Morgan fingerprint density at radius 3 is 2.84 bits per heavy atom. The summed E-state index contributed by atoms with van der Waals surface area (Å²) in [6.07, 6.45) is 2.50. The van der Waals surface area contributed by atoms with E-state index in [4.69, 9.17) is 9.73 Å². The van der Waals surface area contributed by atoms with Gasteiger partial charge in [-0.05, 0) is 50.2 Å². The molecule has 2 N–H and O–H groups in total. The highest BCUT2D eigenvalue weighted by Gasteiger charge is 2.19. The first-order valence-corrected chi connectivity index (χ1v) is 10.4. The van der Waals surface area contributed by atoms with Crippen molar-refractivity contribution < 1.29 is 4.74 Å². The summed E-state index contributed by atoms with van der Waals surface area (Å²) in [6.45, 7) is 11.3. The van der Waals surface area contributed by atoms with Crippen LogP contribution < -0.4 is 10.6 Å². The van der Waals surface area contributed by atoms with E-state index in [-0.39, 0.29) is 0 Å². The molecular formula is C19H34N4OS. The molecule has 0 spiro atoms. The maximum atomic E-state index is 5.17. The molecule has 0 saturated carbocycles. The van der Waals surface area contributed by atoms with Gasteiger partial charge in [0.2, 0.25) is 0 Å². The summed E-state index contributed by atoms with van der Waals surface area (Å²) in [7, 11) is 1.78. The number of nitrogens with zero attached hydrogens (tertiary/aromatic N) is 2. The number of nitrogens with one attached hydrogen (secondary N) is 2. The molecule has 1 atom stereocenters. The van der Waals surface area contributed by atoms with Crippen LogP contribution in [-0.4, -0.2) is 63.8 Å². The molecule has 6 heteroatoms. The van der Waals surface area contributed by atoms with Crippen molar-refractivity contribution in [1.82, 2.24) is 15.5 Å². The second-order valence-corrected chi connectivity index (χ2v) is 7.77. The van der Waals surface area contributed by atoms with Crippen LogP contribution in [0, 0.1) is 5.92 Å². The third kappa shape index (κ3) is 7.34. The SMILES string of the molecule is CCNC(=NCC(C)c1cccs1)NCC1CCN(CCOC)CC1. The van der Waals surface area contributed by atoms with Gasteiger partial charge >= 0.3 is 0 Å². The van der Waals surface area contributed by atoms with E-state index in [0.29, 0.717) is 5.92 Å². The molecule has 1 aromatic heterocycles. The Bertz CT molecular complexity index is 484. The van der Waals surface area contributed by atoms with Crippen LogP contribution in [0.25, 0.3) is 0 Å². The Morgan fingerprint density at radius 2 is 2.20 bits per heavy atom. The first-order valence-electron chi connectivity index (χ1n) is 9.49. The van der Waals surface area contributed by atoms with Crippen molar-refractivity contribution in [3.63, 3.8) is 0 Å². The Kier molecular flexibility index (Phi) is 9.29. The number of hydrogen-bond donors (Lipinski definition) is 2. The lowest BCUT2D eigenvalue weighted by Crippen LogP contribution is -2.43. The monoisotopic (exact) mass is 366 g/mol. The summed E-state index contributed by atoms with van der Waals surface area (Å²) in [5, 5.41) is 9.06. The molecule has 1 saturated heterocycles. The summed E-state index contributed by atoms with van der Waals surface area (Å²) in [6, 6.07) is 4.31. The zero-order valence-electron chi connectivity index (χ0n) is 16.0. The van der Waals surface area contributed by atoms with Crippen LogP contribution in [0.1, 0.15) is 37.5 Å². The van der Waals surface area contributed by atoms with E-state index in [1.54, 1.807) is 7.11 Å². The molecule has 1 aliphatic heterocycles. The second kappa shape index (κ2) is 11.5. The topological polar surface area (TPSA) is 48.9 Å². The molecule has 0 aliphatic carbocycles. The Hall–Kier alpha value is -1.11. The van der Waals surface area contributed by atoms with Crippen molar-refractivity contribution in [2.45, 2.75) is 32.6 Å². The smallest absolute Gasteiger partial charge is 0.191 e. The first-order chi connectivity index (χ1) is 12.2. The van der Waals surface area contributed by atoms with Gasteiger partial charge in [0.25, 0.3) is 0 Å². The Morgan fingerprint density at radius 1 is 1.40 bits per heavy atom. The van der Waals surface area contributed by atoms with Crippen molar-refractivity contribution >= 4 is 17.3 Å². The van der Waals surface area contributed by atoms with Gasteiger partial charge in [-0.3, -0.25) is 4.99 Å². The minimum atomic E-state index is 0.472. The van der Waals surface area contributed by atoms with Crippen LogP contribution in [0.5, 0.6) is 0 Å². The average Bonchev–Trinajstić information content (AvgIpc) is 3.17. The highest BCUT2D eigenvalue weighted by molar-refractivity contribution is 7.10. The van der Waals surface area contributed by atoms with Gasteiger partial charge in [-0.2, -0.15) is 0 Å². The fourth-order valence-corrected chi connectivity index (χ4v) is 3.89. The number of guanidine groups is 1. The van der Waals surface area contributed by atoms with E-state index < -0.39 is 0 Å². The van der Waals surface area contributed by atoms with Crippen LogP contribution in [0.3, 0.4) is 0 Å². The molecule has 5 nitrogen and oxygen atoms in total. The first kappa shape index (κ1) is 20.2. The van der Waals surface area contributed by atoms with E-state index in [9.17, 15) is 0 Å². The fourth-order valence-electron chi connectivity index (χ4n) is 3.11. The van der Waals surface area contributed by atoms with Crippen molar-refractivity contribution in [2.24, 2.45) is 10.9 Å². The highest BCUT2D eigenvalue weighted by atomic mass is 32.1. The van der Waals surface area contributed by atoms with E-state index >= 15 is 0 Å². The number of likely N-dealkylation sites (tertiary alicyclic amines) is 1. The molecule has 0 bridgehead atoms. The van der Waals surface area contributed by atoms with Crippen molar-refractivity contribution in [3.05, 3.63) is 22.4 Å². The highest BCUT2D eigenvalue weighted by Crippen LogP contribution is 2.20. The van der Waals surface area contributed by atoms with Crippen LogP contribution in [0.4, 0.5) is 0 Å². The lowest BCUT2D eigenvalue weighted by atomic mass is 9.97. The third-order valence-electron chi connectivity index (χ3n) is 4.77. The molecule has 1 aromatic rings. The largest absolute Gasteiger partial charge is 0.383 e. The van der Waals surface area contributed by atoms with Crippen molar-refractivity contribution in [2.75, 3.05) is 53.0 Å². The molecule has 25 heavy (non-hydrogen) atoms. The predicted octanol–water partition coefficient (Wildman–Crippen LogP) is 2.77. The van der Waals surface area contributed by atoms with Crippen LogP contribution in [0.15, 0.2) is 22.5 Å². The maximum absolute atomic E-state index is 5.17. The van der Waals surface area contributed by atoms with E-state index in [1.165, 1.54) is 30.8 Å². The number of methoxy groups -OCH3 is 1. The quantitative estimate of drug-likeness (QED) is 0.521. The molecule has 0 radical (unpaired) electrons. The van der Waals surface area contributed by atoms with Gasteiger partial charge in [0, 0.05) is 37.5 Å². The van der Waals surface area contributed by atoms with Crippen LogP contribution >= 0.6 is 11.3 Å². The second-order valence-electron chi connectivity index (χ2n) is 6.79. The Labute approximate surface area is 156 Å². The minimum Gasteiger partial charge on any atom is -0.383 e. The molecule has 142 valence electrons. The zero-order valence-corrected chi connectivity index (χ0v) is 16.8. The normalized spacial score (nSPS) is 18.3. The standard InChI is InChI=1S/C19H34N4OS/c1-4-20-19(21-14-16(2)18-6-5-13-25-18)22-15-17-7-9-23(10-8-17)11-12-24-3/h5-6,13,16-17H,4,7-12,14-15H2,1-3H3,(H2,20,21,22). The zero-order chi connectivity index (χ0) is 17.9. The Balaban J connectivity index is 1.73. The molecule has 0 amide bonds. The van der Waals surface area contributed by atoms with E-state index in [2.05, 4.69) is 46.9 Å². The molecule has 1 unspecified atom stereocenters. The van der Waals surface area contributed by atoms with E-state index in [1.807, 2.05) is 11.3 Å². The fraction of sp³-hybridized carbons (Fsp3) is 0.737. The molecule has 2 rings (SSSR count). The van der Waals surface area contributed by atoms with Gasteiger partial charge in [-0.25, -0.2) is 0 Å². The number of hydrogen-bond acceptors (Lipinski definition) is 4. The number of rotatable bonds is 9. The summed E-state index contributed by atoms with van der Waals surface area (Å²) in [4.78, 5) is 8.69. The van der Waals surface area contributed by atoms with Crippen LogP contribution in [-0.2, 0) is 4.74 Å². The molecule has 0 aromatic carbocycles. The number of aliphatic imine (C=N–C) groups is 1.